The fourth-order valence-corrected chi connectivity index (χ4v) is 2.20. The van der Waals surface area contributed by atoms with Crippen LogP contribution in [-0.4, -0.2) is 25.3 Å². The average Bonchev–Trinajstić information content (AvgIpc) is 2.98. The van der Waals surface area contributed by atoms with Gasteiger partial charge in [-0.2, -0.15) is 5.26 Å². The summed E-state index contributed by atoms with van der Waals surface area (Å²) in [6.07, 6.45) is 5.34. The minimum absolute atomic E-state index is 0.00327. The highest BCUT2D eigenvalue weighted by Gasteiger charge is 2.44. The normalized spacial score (nSPS) is 33.3. The molecule has 1 N–H and O–H groups in total. The summed E-state index contributed by atoms with van der Waals surface area (Å²) in [6.45, 7) is 5.03. The Morgan fingerprint density at radius 2 is 2.20 bits per heavy atom. The summed E-state index contributed by atoms with van der Waals surface area (Å²) < 4.78 is 6.04. The van der Waals surface area contributed by atoms with Crippen molar-refractivity contribution in [1.29, 1.82) is 5.26 Å². The van der Waals surface area contributed by atoms with Crippen LogP contribution in [0.15, 0.2) is 0 Å². The van der Waals surface area contributed by atoms with Crippen molar-refractivity contribution in [3.8, 4) is 6.07 Å². The van der Waals surface area contributed by atoms with E-state index in [1.807, 2.05) is 0 Å². The number of rotatable bonds is 4. The minimum atomic E-state index is 0.00327. The van der Waals surface area contributed by atoms with E-state index >= 15 is 0 Å². The summed E-state index contributed by atoms with van der Waals surface area (Å²) in [4.78, 5) is 0. The Balaban J connectivity index is 1.79. The molecule has 1 saturated carbocycles. The van der Waals surface area contributed by atoms with Crippen molar-refractivity contribution in [3.05, 3.63) is 0 Å². The summed E-state index contributed by atoms with van der Waals surface area (Å²) in [5.74, 6) is 0. The van der Waals surface area contributed by atoms with Crippen LogP contribution < -0.4 is 5.32 Å². The van der Waals surface area contributed by atoms with Crippen molar-refractivity contribution in [2.24, 2.45) is 5.41 Å². The Morgan fingerprint density at radius 3 is 2.73 bits per heavy atom. The molecule has 1 aliphatic carbocycles. The fourth-order valence-electron chi connectivity index (χ4n) is 2.20. The van der Waals surface area contributed by atoms with E-state index in [1.165, 1.54) is 19.3 Å². The van der Waals surface area contributed by atoms with Crippen LogP contribution in [0, 0.1) is 16.7 Å². The molecule has 15 heavy (non-hydrogen) atoms. The number of nitrogens with zero attached hydrogens (tertiary/aromatic N) is 1. The zero-order valence-electron chi connectivity index (χ0n) is 9.51. The van der Waals surface area contributed by atoms with E-state index in [9.17, 15) is 0 Å². The Hall–Kier alpha value is -0.590. The predicted octanol–water partition coefficient (Wildman–Crippen LogP) is 1.84. The van der Waals surface area contributed by atoms with Crippen LogP contribution in [0.2, 0.25) is 0 Å². The highest BCUT2D eigenvalue weighted by Crippen LogP contribution is 2.49. The van der Waals surface area contributed by atoms with Crippen molar-refractivity contribution in [3.63, 3.8) is 0 Å². The minimum Gasteiger partial charge on any atom is -0.373 e. The van der Waals surface area contributed by atoms with Crippen LogP contribution in [0.4, 0.5) is 0 Å². The Bertz CT molecular complexity index is 259. The first-order chi connectivity index (χ1) is 7.18. The third kappa shape index (κ3) is 2.70. The van der Waals surface area contributed by atoms with Gasteiger partial charge in [0, 0.05) is 18.4 Å². The van der Waals surface area contributed by atoms with Crippen molar-refractivity contribution in [1.82, 2.24) is 5.32 Å². The Labute approximate surface area is 91.8 Å². The van der Waals surface area contributed by atoms with Crippen LogP contribution in [0.25, 0.3) is 0 Å². The molecule has 2 fully saturated rings. The first kappa shape index (κ1) is 10.9. The van der Waals surface area contributed by atoms with Crippen LogP contribution >= 0.6 is 0 Å². The van der Waals surface area contributed by atoms with Gasteiger partial charge in [-0.25, -0.2) is 0 Å². The first-order valence-corrected chi connectivity index (χ1v) is 5.90. The highest BCUT2D eigenvalue weighted by molar-refractivity contribution is 5.00. The molecule has 84 valence electrons. The second kappa shape index (κ2) is 4.11. The summed E-state index contributed by atoms with van der Waals surface area (Å²) in [6, 6.07) is 2.28. The number of hydrogen-bond acceptors (Lipinski definition) is 3. The Kier molecular flexibility index (Phi) is 2.99. The summed E-state index contributed by atoms with van der Waals surface area (Å²) >= 11 is 0. The molecule has 0 bridgehead atoms. The van der Waals surface area contributed by atoms with E-state index in [0.29, 0.717) is 6.42 Å². The summed E-state index contributed by atoms with van der Waals surface area (Å²) in [7, 11) is 0. The fraction of sp³-hybridized carbons (Fsp3) is 0.917. The number of nitrogens with one attached hydrogen (secondary N) is 1. The van der Waals surface area contributed by atoms with Crippen molar-refractivity contribution >= 4 is 0 Å². The highest BCUT2D eigenvalue weighted by atomic mass is 16.5. The third-order valence-corrected chi connectivity index (χ3v) is 3.70. The number of ether oxygens (including phenoxy) is 1. The van der Waals surface area contributed by atoms with Gasteiger partial charge in [0.25, 0.3) is 0 Å². The van der Waals surface area contributed by atoms with Crippen LogP contribution in [0.3, 0.4) is 0 Å². The lowest BCUT2D eigenvalue weighted by molar-refractivity contribution is -0.0653. The molecule has 3 nitrogen and oxygen atoms in total. The topological polar surface area (TPSA) is 45.0 Å². The van der Waals surface area contributed by atoms with Crippen LogP contribution in [0.1, 0.15) is 39.0 Å². The predicted molar refractivity (Wildman–Crippen MR) is 58.4 cm³/mol. The van der Waals surface area contributed by atoms with E-state index in [4.69, 9.17) is 10.00 Å². The van der Waals surface area contributed by atoms with Crippen molar-refractivity contribution in [2.75, 3.05) is 19.7 Å². The zero-order chi connectivity index (χ0) is 10.8. The van der Waals surface area contributed by atoms with Gasteiger partial charge in [-0.15, -0.1) is 0 Å². The molecule has 1 saturated heterocycles. The molecule has 1 heterocycles. The third-order valence-electron chi connectivity index (χ3n) is 3.70. The molecule has 3 heteroatoms. The van der Waals surface area contributed by atoms with Crippen LogP contribution in [0.5, 0.6) is 0 Å². The molecular formula is C12H20N2O. The number of hydrogen-bond donors (Lipinski definition) is 1. The van der Waals surface area contributed by atoms with Gasteiger partial charge in [0.1, 0.15) is 0 Å². The monoisotopic (exact) mass is 208 g/mol. The largest absolute Gasteiger partial charge is 0.373 e. The van der Waals surface area contributed by atoms with Gasteiger partial charge in [0.15, 0.2) is 0 Å². The van der Waals surface area contributed by atoms with Crippen molar-refractivity contribution in [2.45, 2.75) is 44.6 Å². The first-order valence-electron chi connectivity index (χ1n) is 5.90. The van der Waals surface area contributed by atoms with Gasteiger partial charge >= 0.3 is 0 Å². The number of piperidine rings is 1. The lowest BCUT2D eigenvalue weighted by Gasteiger charge is -2.35. The maximum Gasteiger partial charge on any atom is 0.0779 e. The molecule has 1 unspecified atom stereocenters. The smallest absolute Gasteiger partial charge is 0.0779 e. The average molecular weight is 208 g/mol. The van der Waals surface area contributed by atoms with Gasteiger partial charge in [-0.3, -0.25) is 0 Å². The van der Waals surface area contributed by atoms with Gasteiger partial charge in [-0.05, 0) is 39.2 Å². The Morgan fingerprint density at radius 1 is 1.40 bits per heavy atom. The maximum atomic E-state index is 8.73. The molecule has 1 atom stereocenters. The maximum absolute atomic E-state index is 8.73. The summed E-state index contributed by atoms with van der Waals surface area (Å²) in [5.41, 5.74) is 0.221. The molecule has 0 aromatic heterocycles. The lowest BCUT2D eigenvalue weighted by atomic mass is 9.95. The standard InChI is InChI=1S/C12H20N2O/c1-11(3-2-8-14-9-11)15-10-12(4-5-12)6-7-13/h14H,2-6,8-10H2,1H3. The molecule has 0 amide bonds. The molecule has 0 radical (unpaired) electrons. The van der Waals surface area contributed by atoms with E-state index in [2.05, 4.69) is 18.3 Å². The molecule has 0 aromatic carbocycles. The second-order valence-corrected chi connectivity index (χ2v) is 5.35. The van der Waals surface area contributed by atoms with E-state index in [1.54, 1.807) is 0 Å². The summed E-state index contributed by atoms with van der Waals surface area (Å²) in [5, 5.41) is 12.1. The second-order valence-electron chi connectivity index (χ2n) is 5.35. The SMILES string of the molecule is CC1(OCC2(CC#N)CC2)CCCNC1. The van der Waals surface area contributed by atoms with E-state index in [0.717, 1.165) is 26.1 Å². The molecule has 0 aromatic rings. The zero-order valence-corrected chi connectivity index (χ0v) is 9.51. The molecule has 0 spiro atoms. The van der Waals surface area contributed by atoms with Gasteiger partial charge in [-0.1, -0.05) is 0 Å². The van der Waals surface area contributed by atoms with Gasteiger partial charge in [0.2, 0.25) is 0 Å². The molecule has 1 aliphatic heterocycles. The quantitative estimate of drug-likeness (QED) is 0.766. The molecule has 2 rings (SSSR count). The van der Waals surface area contributed by atoms with E-state index in [-0.39, 0.29) is 11.0 Å². The molecular weight excluding hydrogens is 188 g/mol. The molecule has 2 aliphatic rings. The van der Waals surface area contributed by atoms with Crippen molar-refractivity contribution < 1.29 is 4.74 Å². The van der Waals surface area contributed by atoms with E-state index < -0.39 is 0 Å². The van der Waals surface area contributed by atoms with Crippen LogP contribution in [-0.2, 0) is 4.74 Å². The van der Waals surface area contributed by atoms with Gasteiger partial charge in [0.05, 0.1) is 18.3 Å². The lowest BCUT2D eigenvalue weighted by Crippen LogP contribution is -2.46. The van der Waals surface area contributed by atoms with Gasteiger partial charge < -0.3 is 10.1 Å². The number of nitriles is 1.